The average Bonchev–Trinajstić information content (AvgIpc) is 2.50. The number of hydrogen-bond donors (Lipinski definition) is 2. The topological polar surface area (TPSA) is 84.2 Å². The van der Waals surface area contributed by atoms with Crippen LogP contribution in [0.2, 0.25) is 0 Å². The van der Waals surface area contributed by atoms with Crippen molar-refractivity contribution in [3.8, 4) is 0 Å². The van der Waals surface area contributed by atoms with E-state index in [1.54, 1.807) is 24.3 Å². The van der Waals surface area contributed by atoms with Gasteiger partial charge in [-0.15, -0.1) is 0 Å². The first-order valence-electron chi connectivity index (χ1n) is 6.73. The summed E-state index contributed by atoms with van der Waals surface area (Å²) in [6.07, 6.45) is 0.760. The summed E-state index contributed by atoms with van der Waals surface area (Å²) in [5.41, 5.74) is 1.23. The number of anilines is 1. The van der Waals surface area contributed by atoms with E-state index in [0.29, 0.717) is 17.8 Å². The van der Waals surface area contributed by atoms with Crippen LogP contribution in [0.15, 0.2) is 41.2 Å². The van der Waals surface area contributed by atoms with E-state index in [-0.39, 0.29) is 17.9 Å². The number of aryl methyl sites for hydroxylation is 1. The first kappa shape index (κ1) is 14.9. The number of aliphatic hydroxyl groups is 1. The first-order valence-corrected chi connectivity index (χ1v) is 6.73. The van der Waals surface area contributed by atoms with Gasteiger partial charge in [0.15, 0.2) is 0 Å². The number of hydrogen-bond acceptors (Lipinski definition) is 4. The maximum absolute atomic E-state index is 12.1. The third-order valence-corrected chi connectivity index (χ3v) is 2.90. The van der Waals surface area contributed by atoms with Crippen molar-refractivity contribution in [2.75, 3.05) is 5.32 Å². The lowest BCUT2D eigenvalue weighted by atomic mass is 10.2. The zero-order valence-electron chi connectivity index (χ0n) is 11.7. The predicted molar refractivity (Wildman–Crippen MR) is 79.1 cm³/mol. The number of aromatic nitrogens is 2. The van der Waals surface area contributed by atoms with E-state index in [2.05, 4.69) is 10.4 Å². The molecule has 0 aliphatic heterocycles. The number of rotatable bonds is 5. The van der Waals surface area contributed by atoms with Crippen LogP contribution in [0.4, 0.5) is 5.69 Å². The highest BCUT2D eigenvalue weighted by Gasteiger charge is 2.10. The number of carbonyl (C=O) groups excluding carboxylic acids is 1. The fourth-order valence-corrected chi connectivity index (χ4v) is 1.88. The van der Waals surface area contributed by atoms with Crippen LogP contribution in [-0.2, 0) is 13.2 Å². The van der Waals surface area contributed by atoms with Crippen molar-refractivity contribution in [2.24, 2.45) is 0 Å². The molecule has 0 aliphatic carbocycles. The molecule has 0 atom stereocenters. The Morgan fingerprint density at radius 1 is 1.33 bits per heavy atom. The Morgan fingerprint density at radius 2 is 2.14 bits per heavy atom. The first-order chi connectivity index (χ1) is 10.1. The molecule has 0 spiro atoms. The number of benzene rings is 1. The normalized spacial score (nSPS) is 10.4. The second kappa shape index (κ2) is 6.81. The van der Waals surface area contributed by atoms with Gasteiger partial charge in [-0.05, 0) is 30.2 Å². The van der Waals surface area contributed by atoms with Crippen molar-refractivity contribution in [1.29, 1.82) is 0 Å². The number of nitrogens with zero attached hydrogens (tertiary/aromatic N) is 2. The molecular formula is C15H17N3O3. The lowest BCUT2D eigenvalue weighted by molar-refractivity contribution is 0.101. The molecule has 2 rings (SSSR count). The smallest absolute Gasteiger partial charge is 0.276 e. The largest absolute Gasteiger partial charge is 0.392 e. The fourth-order valence-electron chi connectivity index (χ4n) is 1.88. The molecule has 21 heavy (non-hydrogen) atoms. The Balaban J connectivity index is 2.19. The van der Waals surface area contributed by atoms with Gasteiger partial charge in [-0.2, -0.15) is 5.10 Å². The zero-order valence-corrected chi connectivity index (χ0v) is 11.7. The Hall–Kier alpha value is -2.47. The van der Waals surface area contributed by atoms with Crippen molar-refractivity contribution >= 4 is 11.6 Å². The van der Waals surface area contributed by atoms with Gasteiger partial charge in [-0.1, -0.05) is 19.1 Å². The van der Waals surface area contributed by atoms with Crippen molar-refractivity contribution in [3.63, 3.8) is 0 Å². The van der Waals surface area contributed by atoms with Crippen molar-refractivity contribution in [2.45, 2.75) is 26.5 Å². The summed E-state index contributed by atoms with van der Waals surface area (Å²) in [5, 5.41) is 15.8. The third-order valence-electron chi connectivity index (χ3n) is 2.90. The summed E-state index contributed by atoms with van der Waals surface area (Å²) >= 11 is 0. The molecule has 110 valence electrons. The summed E-state index contributed by atoms with van der Waals surface area (Å²) in [5.74, 6) is -0.394. The molecule has 0 bridgehead atoms. The van der Waals surface area contributed by atoms with Crippen LogP contribution in [0.25, 0.3) is 0 Å². The van der Waals surface area contributed by atoms with E-state index in [0.717, 1.165) is 6.42 Å². The molecule has 1 heterocycles. The van der Waals surface area contributed by atoms with E-state index < -0.39 is 5.91 Å². The highest BCUT2D eigenvalue weighted by atomic mass is 16.3. The highest BCUT2D eigenvalue weighted by Crippen LogP contribution is 2.11. The van der Waals surface area contributed by atoms with Crippen LogP contribution in [-0.4, -0.2) is 20.8 Å². The summed E-state index contributed by atoms with van der Waals surface area (Å²) in [6.45, 7) is 2.31. The molecule has 2 N–H and O–H groups in total. The Kier molecular flexibility index (Phi) is 4.84. The maximum atomic E-state index is 12.1. The Labute approximate surface area is 122 Å². The SMILES string of the molecule is CCCn1nc(C(=O)Nc2cccc(CO)c2)ccc1=O. The van der Waals surface area contributed by atoms with Crippen LogP contribution in [0.3, 0.4) is 0 Å². The second-order valence-electron chi connectivity index (χ2n) is 4.59. The lowest BCUT2D eigenvalue weighted by Crippen LogP contribution is -2.26. The molecule has 1 aromatic heterocycles. The van der Waals surface area contributed by atoms with Gasteiger partial charge in [0.25, 0.3) is 11.5 Å². The summed E-state index contributed by atoms with van der Waals surface area (Å²) < 4.78 is 1.28. The zero-order chi connectivity index (χ0) is 15.2. The van der Waals surface area contributed by atoms with Gasteiger partial charge >= 0.3 is 0 Å². The van der Waals surface area contributed by atoms with Gasteiger partial charge in [0.05, 0.1) is 6.61 Å². The third kappa shape index (κ3) is 3.76. The van der Waals surface area contributed by atoms with Gasteiger partial charge in [-0.3, -0.25) is 9.59 Å². The number of nitrogens with one attached hydrogen (secondary N) is 1. The molecule has 6 nitrogen and oxygen atoms in total. The molecule has 0 saturated heterocycles. The van der Waals surface area contributed by atoms with E-state index in [1.807, 2.05) is 6.92 Å². The van der Waals surface area contributed by atoms with E-state index >= 15 is 0 Å². The van der Waals surface area contributed by atoms with Crippen LogP contribution in [0.1, 0.15) is 29.4 Å². The van der Waals surface area contributed by atoms with Gasteiger partial charge < -0.3 is 10.4 Å². The van der Waals surface area contributed by atoms with Crippen LogP contribution in [0, 0.1) is 0 Å². The van der Waals surface area contributed by atoms with Gasteiger partial charge in [-0.25, -0.2) is 4.68 Å². The van der Waals surface area contributed by atoms with Crippen LogP contribution in [0.5, 0.6) is 0 Å². The number of aliphatic hydroxyl groups excluding tert-OH is 1. The van der Waals surface area contributed by atoms with Gasteiger partial charge in [0.2, 0.25) is 0 Å². The molecule has 1 amide bonds. The highest BCUT2D eigenvalue weighted by molar-refractivity contribution is 6.02. The Bertz CT molecular complexity index is 695. The summed E-state index contributed by atoms with van der Waals surface area (Å²) in [4.78, 5) is 23.7. The summed E-state index contributed by atoms with van der Waals surface area (Å²) in [6, 6.07) is 9.64. The molecule has 0 unspecified atom stereocenters. The molecule has 1 aromatic carbocycles. The average molecular weight is 287 g/mol. The second-order valence-corrected chi connectivity index (χ2v) is 4.59. The molecular weight excluding hydrogens is 270 g/mol. The van der Waals surface area contributed by atoms with E-state index in [9.17, 15) is 9.59 Å². The molecule has 0 saturated carbocycles. The minimum atomic E-state index is -0.394. The molecule has 0 aliphatic rings. The molecule has 0 radical (unpaired) electrons. The van der Waals surface area contributed by atoms with Crippen molar-refractivity contribution in [1.82, 2.24) is 9.78 Å². The number of carbonyl (C=O) groups is 1. The molecule has 0 fully saturated rings. The molecule has 2 aromatic rings. The minimum absolute atomic E-state index is 0.0939. The summed E-state index contributed by atoms with van der Waals surface area (Å²) in [7, 11) is 0. The lowest BCUT2D eigenvalue weighted by Gasteiger charge is -2.08. The van der Waals surface area contributed by atoms with E-state index in [4.69, 9.17) is 5.11 Å². The number of amides is 1. The van der Waals surface area contributed by atoms with Crippen LogP contribution >= 0.6 is 0 Å². The quantitative estimate of drug-likeness (QED) is 0.870. The van der Waals surface area contributed by atoms with Crippen LogP contribution < -0.4 is 10.9 Å². The standard InChI is InChI=1S/C15H17N3O3/c1-2-8-18-14(20)7-6-13(17-18)15(21)16-12-5-3-4-11(9-12)10-19/h3-7,9,19H,2,8,10H2,1H3,(H,16,21). The predicted octanol–water partition coefficient (Wildman–Crippen LogP) is 1.40. The maximum Gasteiger partial charge on any atom is 0.276 e. The van der Waals surface area contributed by atoms with E-state index in [1.165, 1.54) is 16.8 Å². The van der Waals surface area contributed by atoms with Crippen molar-refractivity contribution < 1.29 is 9.90 Å². The fraction of sp³-hybridized carbons (Fsp3) is 0.267. The van der Waals surface area contributed by atoms with Gasteiger partial charge in [0, 0.05) is 18.3 Å². The van der Waals surface area contributed by atoms with Gasteiger partial charge in [0.1, 0.15) is 5.69 Å². The minimum Gasteiger partial charge on any atom is -0.392 e. The monoisotopic (exact) mass is 287 g/mol. The Morgan fingerprint density at radius 3 is 2.86 bits per heavy atom. The van der Waals surface area contributed by atoms with Crippen molar-refractivity contribution in [3.05, 3.63) is 58.0 Å². The molecule has 6 heteroatoms.